The highest BCUT2D eigenvalue weighted by Crippen LogP contribution is 2.59. The van der Waals surface area contributed by atoms with Crippen LogP contribution in [-0.4, -0.2) is 18.5 Å². The number of nitrogens with zero attached hydrogens (tertiary/aromatic N) is 1. The van der Waals surface area contributed by atoms with Crippen LogP contribution >= 0.6 is 8.01 Å². The first-order valence-corrected chi connectivity index (χ1v) is 17.1. The molecule has 0 bridgehead atoms. The van der Waals surface area contributed by atoms with Crippen molar-refractivity contribution in [1.82, 2.24) is 0 Å². The van der Waals surface area contributed by atoms with Gasteiger partial charge >= 0.3 is 0 Å². The summed E-state index contributed by atoms with van der Waals surface area (Å²) in [5.74, 6) is 0.634. The number of hydrogen-bond donors (Lipinski definition) is 0. The van der Waals surface area contributed by atoms with E-state index in [9.17, 15) is 0 Å². The number of benzene rings is 7. The Morgan fingerprint density at radius 1 is 0.511 bits per heavy atom. The molecule has 1 aliphatic heterocycles. The molecular formula is C42H30NO3P. The van der Waals surface area contributed by atoms with E-state index in [0.717, 1.165) is 60.2 Å². The molecule has 47 heavy (non-hydrogen) atoms. The van der Waals surface area contributed by atoms with Crippen molar-refractivity contribution in [2.24, 2.45) is 4.99 Å². The van der Waals surface area contributed by atoms with E-state index in [1.54, 1.807) is 0 Å². The number of aliphatic imine (C=N–C) groups is 1. The number of hydrogen-bond acceptors (Lipinski definition) is 4. The van der Waals surface area contributed by atoms with Crippen molar-refractivity contribution >= 4 is 57.4 Å². The molecule has 0 spiro atoms. The SMILES string of the molecule is c1ccc(C2=N[C@H](C(c3ccccc3)(c3ccccc3)p3oc4ccc5ccccc5c4c4c(ccc5ccccc54)o3)CO2)cc1. The largest absolute Gasteiger partial charge is 0.475 e. The standard InChI is InChI=1S/C42H30NO3P/c1-4-16-31(17-5-1)41-43-38(28-44-41)42(32-18-6-2-7-19-32,33-20-8-3-9-21-33)47-45-36-26-24-29-14-10-12-22-34(29)39(36)40-35-23-13-11-15-30(35)25-27-37(40)46-47/h1-27,38H,28H2/t38-/m0/s1. The molecule has 226 valence electrons. The Hall–Kier alpha value is -5.57. The lowest BCUT2D eigenvalue weighted by Gasteiger charge is -2.34. The minimum absolute atomic E-state index is 0.334. The van der Waals surface area contributed by atoms with Gasteiger partial charge in [-0.1, -0.05) is 140 Å². The maximum absolute atomic E-state index is 7.34. The van der Waals surface area contributed by atoms with Crippen molar-refractivity contribution in [3.8, 4) is 0 Å². The quantitative estimate of drug-likeness (QED) is 0.191. The molecule has 0 unspecified atom stereocenters. The fourth-order valence-corrected chi connectivity index (χ4v) is 9.19. The third-order valence-electron chi connectivity index (χ3n) is 9.26. The van der Waals surface area contributed by atoms with Crippen LogP contribution in [0, 0.1) is 0 Å². The van der Waals surface area contributed by atoms with Crippen molar-refractivity contribution in [1.29, 1.82) is 0 Å². The lowest BCUT2D eigenvalue weighted by atomic mass is 9.84. The summed E-state index contributed by atoms with van der Waals surface area (Å²) >= 11 is 0. The summed E-state index contributed by atoms with van der Waals surface area (Å²) in [4.78, 5) is 5.35. The van der Waals surface area contributed by atoms with Crippen molar-refractivity contribution in [3.63, 3.8) is 0 Å². The second-order valence-corrected chi connectivity index (χ2v) is 13.5. The van der Waals surface area contributed by atoms with Gasteiger partial charge in [-0.3, -0.25) is 0 Å². The van der Waals surface area contributed by atoms with E-state index in [0.29, 0.717) is 12.5 Å². The number of rotatable bonds is 5. The van der Waals surface area contributed by atoms with E-state index in [1.807, 2.05) is 42.5 Å². The van der Waals surface area contributed by atoms with E-state index >= 15 is 0 Å². The fraction of sp³-hybridized carbons (Fsp3) is 0.0714. The van der Waals surface area contributed by atoms with Gasteiger partial charge in [0.05, 0.1) is 0 Å². The molecule has 7 aromatic carbocycles. The highest BCUT2D eigenvalue weighted by Gasteiger charge is 2.51. The van der Waals surface area contributed by atoms with Crippen molar-refractivity contribution in [3.05, 3.63) is 180 Å². The Balaban J connectivity index is 1.46. The molecule has 0 saturated heterocycles. The second kappa shape index (κ2) is 11.3. The van der Waals surface area contributed by atoms with Crippen LogP contribution in [0.5, 0.6) is 0 Å². The normalized spacial score (nSPS) is 14.8. The minimum atomic E-state index is -1.77. The smallest absolute Gasteiger partial charge is 0.235 e. The van der Waals surface area contributed by atoms with Crippen LogP contribution in [0.25, 0.3) is 43.5 Å². The van der Waals surface area contributed by atoms with Crippen LogP contribution < -0.4 is 0 Å². The van der Waals surface area contributed by atoms with Gasteiger partial charge in [-0.15, -0.1) is 0 Å². The number of fused-ring (bicyclic) bond motifs is 7. The van der Waals surface area contributed by atoms with Gasteiger partial charge in [-0.25, -0.2) is 4.99 Å². The topological polar surface area (TPSA) is 47.9 Å². The lowest BCUT2D eigenvalue weighted by Crippen LogP contribution is -2.37. The Morgan fingerprint density at radius 2 is 0.979 bits per heavy atom. The van der Waals surface area contributed by atoms with E-state index in [2.05, 4.69) is 121 Å². The zero-order valence-electron chi connectivity index (χ0n) is 25.5. The molecule has 4 nitrogen and oxygen atoms in total. The van der Waals surface area contributed by atoms with Gasteiger partial charge < -0.3 is 13.1 Å². The van der Waals surface area contributed by atoms with E-state index < -0.39 is 13.2 Å². The van der Waals surface area contributed by atoms with Crippen molar-refractivity contribution < 1.29 is 13.1 Å². The van der Waals surface area contributed by atoms with E-state index in [4.69, 9.17) is 18.1 Å². The fourth-order valence-electron chi connectivity index (χ4n) is 7.11. The third-order valence-corrected chi connectivity index (χ3v) is 11.4. The summed E-state index contributed by atoms with van der Waals surface area (Å²) in [6.45, 7) is 0.384. The summed E-state index contributed by atoms with van der Waals surface area (Å²) in [5, 5.41) is 5.82. The Bertz CT molecular complexity index is 2340. The predicted molar refractivity (Wildman–Crippen MR) is 193 cm³/mol. The maximum atomic E-state index is 7.34. The van der Waals surface area contributed by atoms with Crippen molar-refractivity contribution in [2.45, 2.75) is 11.2 Å². The van der Waals surface area contributed by atoms with Crippen molar-refractivity contribution in [2.75, 3.05) is 6.61 Å². The summed E-state index contributed by atoms with van der Waals surface area (Å²) in [7, 11) is -1.77. The Morgan fingerprint density at radius 3 is 1.51 bits per heavy atom. The van der Waals surface area contributed by atoms with Gasteiger partial charge in [0.15, 0.2) is 0 Å². The molecule has 1 aliphatic rings. The molecule has 8 aromatic rings. The van der Waals surface area contributed by atoms with Gasteiger partial charge in [0, 0.05) is 16.3 Å². The monoisotopic (exact) mass is 627 g/mol. The Kier molecular flexibility index (Phi) is 6.69. The molecule has 2 heterocycles. The van der Waals surface area contributed by atoms with Gasteiger partial charge in [0.25, 0.3) is 0 Å². The van der Waals surface area contributed by atoms with E-state index in [-0.39, 0.29) is 6.04 Å². The maximum Gasteiger partial charge on any atom is 0.235 e. The molecule has 1 atom stereocenters. The zero-order chi connectivity index (χ0) is 31.2. The first kappa shape index (κ1) is 27.7. The number of ether oxygens (including phenoxy) is 1. The molecule has 0 fully saturated rings. The van der Waals surface area contributed by atoms with Crippen LogP contribution in [0.1, 0.15) is 16.7 Å². The van der Waals surface area contributed by atoms with Gasteiger partial charge in [0.2, 0.25) is 13.9 Å². The molecule has 0 radical (unpaired) electrons. The highest BCUT2D eigenvalue weighted by atomic mass is 31.1. The molecule has 9 rings (SSSR count). The molecule has 0 amide bonds. The van der Waals surface area contributed by atoms with Crippen LogP contribution in [0.15, 0.2) is 177 Å². The Labute approximate surface area is 273 Å². The van der Waals surface area contributed by atoms with Gasteiger partial charge in [-0.05, 0) is 56.9 Å². The second-order valence-electron chi connectivity index (χ2n) is 11.9. The average Bonchev–Trinajstić information content (AvgIpc) is 3.57. The summed E-state index contributed by atoms with van der Waals surface area (Å²) < 4.78 is 21.1. The molecule has 5 heteroatoms. The van der Waals surface area contributed by atoms with Crippen LogP contribution in [0.4, 0.5) is 0 Å². The third kappa shape index (κ3) is 4.48. The molecule has 0 N–H and O–H groups in total. The summed E-state index contributed by atoms with van der Waals surface area (Å²) in [6.07, 6.45) is 0. The lowest BCUT2D eigenvalue weighted by molar-refractivity contribution is 0.297. The summed E-state index contributed by atoms with van der Waals surface area (Å²) in [6, 6.07) is 56.4. The minimum Gasteiger partial charge on any atom is -0.475 e. The zero-order valence-corrected chi connectivity index (χ0v) is 26.4. The molecule has 0 aliphatic carbocycles. The van der Waals surface area contributed by atoms with Gasteiger partial charge in [0.1, 0.15) is 29.0 Å². The summed E-state index contributed by atoms with van der Waals surface area (Å²) in [5.41, 5.74) is 4.68. The highest BCUT2D eigenvalue weighted by molar-refractivity contribution is 7.39. The molecular weight excluding hydrogens is 597 g/mol. The average molecular weight is 628 g/mol. The molecule has 1 aromatic heterocycles. The predicted octanol–water partition coefficient (Wildman–Crippen LogP) is 11.2. The van der Waals surface area contributed by atoms with Crippen LogP contribution in [-0.2, 0) is 9.89 Å². The first-order valence-electron chi connectivity index (χ1n) is 15.9. The van der Waals surface area contributed by atoms with Crippen LogP contribution in [0.2, 0.25) is 0 Å². The van der Waals surface area contributed by atoms with Gasteiger partial charge in [-0.2, -0.15) is 0 Å². The van der Waals surface area contributed by atoms with Crippen LogP contribution in [0.3, 0.4) is 0 Å². The van der Waals surface area contributed by atoms with E-state index in [1.165, 1.54) is 0 Å². The first-order chi connectivity index (χ1) is 23.3. The molecule has 0 saturated carbocycles.